The van der Waals surface area contributed by atoms with Gasteiger partial charge in [0.1, 0.15) is 11.6 Å². The first-order chi connectivity index (χ1) is 9.16. The molecule has 0 heterocycles. The predicted octanol–water partition coefficient (Wildman–Crippen LogP) is 5.24. The SMILES string of the molecule is CCCCCCCCCCCCCC(=O)CC(C)=O. The molecule has 19 heavy (non-hydrogen) atoms. The molecule has 0 aliphatic carbocycles. The number of rotatable bonds is 14. The first kappa shape index (κ1) is 18.3. The summed E-state index contributed by atoms with van der Waals surface area (Å²) in [4.78, 5) is 22.0. The number of carbonyl (C=O) groups is 2. The van der Waals surface area contributed by atoms with E-state index in [1.165, 1.54) is 64.7 Å². The number of ketones is 2. The third kappa shape index (κ3) is 15.3. The van der Waals surface area contributed by atoms with Gasteiger partial charge in [-0.2, -0.15) is 0 Å². The van der Waals surface area contributed by atoms with Gasteiger partial charge in [0.15, 0.2) is 0 Å². The van der Waals surface area contributed by atoms with Crippen molar-refractivity contribution in [3.05, 3.63) is 0 Å². The molecule has 0 unspecified atom stereocenters. The molecule has 0 saturated heterocycles. The average molecular weight is 268 g/mol. The zero-order chi connectivity index (χ0) is 14.3. The van der Waals surface area contributed by atoms with E-state index in [2.05, 4.69) is 6.92 Å². The molecule has 0 fully saturated rings. The zero-order valence-corrected chi connectivity index (χ0v) is 13.0. The first-order valence-corrected chi connectivity index (χ1v) is 8.18. The van der Waals surface area contributed by atoms with Crippen LogP contribution in [0.25, 0.3) is 0 Å². The van der Waals surface area contributed by atoms with Crippen LogP contribution in [-0.2, 0) is 9.59 Å². The molecule has 0 aliphatic rings. The van der Waals surface area contributed by atoms with Crippen LogP contribution in [0.15, 0.2) is 0 Å². The third-order valence-electron chi connectivity index (χ3n) is 3.51. The Hall–Kier alpha value is -0.660. The fourth-order valence-corrected chi connectivity index (χ4v) is 2.35. The Balaban J connectivity index is 3.10. The van der Waals surface area contributed by atoms with Crippen LogP contribution in [0.1, 0.15) is 97.3 Å². The number of hydrogen-bond acceptors (Lipinski definition) is 2. The van der Waals surface area contributed by atoms with Crippen LogP contribution in [0.4, 0.5) is 0 Å². The Kier molecular flexibility index (Phi) is 13.3. The molecule has 0 rings (SSSR count). The van der Waals surface area contributed by atoms with Gasteiger partial charge in [-0.15, -0.1) is 0 Å². The van der Waals surface area contributed by atoms with Crippen molar-refractivity contribution in [2.75, 3.05) is 0 Å². The molecule has 0 aromatic rings. The number of carbonyl (C=O) groups excluding carboxylic acids is 2. The molecular formula is C17H32O2. The molecule has 0 atom stereocenters. The highest BCUT2D eigenvalue weighted by molar-refractivity contribution is 5.97. The van der Waals surface area contributed by atoms with Gasteiger partial charge >= 0.3 is 0 Å². The lowest BCUT2D eigenvalue weighted by atomic mass is 10.0. The van der Waals surface area contributed by atoms with Crippen LogP contribution in [-0.4, -0.2) is 11.6 Å². The van der Waals surface area contributed by atoms with Crippen molar-refractivity contribution >= 4 is 11.6 Å². The second kappa shape index (κ2) is 13.8. The van der Waals surface area contributed by atoms with Crippen LogP contribution >= 0.6 is 0 Å². The minimum absolute atomic E-state index is 0.00641. The van der Waals surface area contributed by atoms with E-state index in [1.54, 1.807) is 0 Å². The quantitative estimate of drug-likeness (QED) is 0.319. The molecule has 0 spiro atoms. The summed E-state index contributed by atoms with van der Waals surface area (Å²) in [6, 6.07) is 0. The standard InChI is InChI=1S/C17H32O2/c1-3-4-5-6-7-8-9-10-11-12-13-14-17(19)15-16(2)18/h3-15H2,1-2H3. The largest absolute Gasteiger partial charge is 0.300 e. The topological polar surface area (TPSA) is 34.1 Å². The van der Waals surface area contributed by atoms with Crippen molar-refractivity contribution in [2.45, 2.75) is 97.3 Å². The molecule has 0 aromatic heterocycles. The van der Waals surface area contributed by atoms with Crippen molar-refractivity contribution in [3.63, 3.8) is 0 Å². The molecule has 0 aromatic carbocycles. The molecule has 0 aliphatic heterocycles. The highest BCUT2D eigenvalue weighted by Gasteiger charge is 2.04. The summed E-state index contributed by atoms with van der Waals surface area (Å²) in [6.07, 6.45) is 15.0. The molecule has 112 valence electrons. The van der Waals surface area contributed by atoms with E-state index in [9.17, 15) is 9.59 Å². The molecule has 0 amide bonds. The van der Waals surface area contributed by atoms with E-state index >= 15 is 0 Å². The van der Waals surface area contributed by atoms with E-state index in [4.69, 9.17) is 0 Å². The van der Waals surface area contributed by atoms with Crippen LogP contribution in [0.3, 0.4) is 0 Å². The van der Waals surface area contributed by atoms with Crippen LogP contribution in [0.5, 0.6) is 0 Å². The third-order valence-corrected chi connectivity index (χ3v) is 3.51. The number of hydrogen-bond donors (Lipinski definition) is 0. The van der Waals surface area contributed by atoms with E-state index in [-0.39, 0.29) is 18.0 Å². The lowest BCUT2D eigenvalue weighted by Gasteiger charge is -2.02. The summed E-state index contributed by atoms with van der Waals surface area (Å²) in [5, 5.41) is 0. The predicted molar refractivity (Wildman–Crippen MR) is 81.4 cm³/mol. The van der Waals surface area contributed by atoms with E-state index in [1.807, 2.05) is 0 Å². The zero-order valence-electron chi connectivity index (χ0n) is 13.0. The minimum atomic E-state index is -0.00641. The minimum Gasteiger partial charge on any atom is -0.300 e. The van der Waals surface area contributed by atoms with Gasteiger partial charge in [0.2, 0.25) is 0 Å². The summed E-state index contributed by atoms with van der Waals surface area (Å²) in [6.45, 7) is 3.74. The van der Waals surface area contributed by atoms with Crippen molar-refractivity contribution in [3.8, 4) is 0 Å². The Morgan fingerprint density at radius 2 is 1.11 bits per heavy atom. The maximum atomic E-state index is 11.3. The van der Waals surface area contributed by atoms with Gasteiger partial charge in [-0.05, 0) is 13.3 Å². The second-order valence-electron chi connectivity index (χ2n) is 5.70. The summed E-state index contributed by atoms with van der Waals surface area (Å²) in [7, 11) is 0. The highest BCUT2D eigenvalue weighted by atomic mass is 16.1. The summed E-state index contributed by atoms with van der Waals surface area (Å²) < 4.78 is 0. The van der Waals surface area contributed by atoms with Gasteiger partial charge in [0.25, 0.3) is 0 Å². The highest BCUT2D eigenvalue weighted by Crippen LogP contribution is 2.12. The van der Waals surface area contributed by atoms with Gasteiger partial charge in [0.05, 0.1) is 6.42 Å². The number of Topliss-reactive ketones (excluding diaryl/α,β-unsaturated/α-hetero) is 2. The Morgan fingerprint density at radius 3 is 1.53 bits per heavy atom. The molecule has 0 N–H and O–H groups in total. The number of unbranched alkanes of at least 4 members (excludes halogenated alkanes) is 10. The lowest BCUT2D eigenvalue weighted by molar-refractivity contribution is -0.125. The van der Waals surface area contributed by atoms with Crippen molar-refractivity contribution in [1.29, 1.82) is 0 Å². The lowest BCUT2D eigenvalue weighted by Crippen LogP contribution is -2.03. The average Bonchev–Trinajstić information content (AvgIpc) is 2.35. The Morgan fingerprint density at radius 1 is 0.684 bits per heavy atom. The van der Waals surface area contributed by atoms with Crippen molar-refractivity contribution in [1.82, 2.24) is 0 Å². The van der Waals surface area contributed by atoms with Gasteiger partial charge < -0.3 is 0 Å². The van der Waals surface area contributed by atoms with Crippen molar-refractivity contribution < 1.29 is 9.59 Å². The molecular weight excluding hydrogens is 236 g/mol. The fourth-order valence-electron chi connectivity index (χ4n) is 2.35. The summed E-state index contributed by atoms with van der Waals surface area (Å²) in [5.41, 5.74) is 0. The molecule has 0 saturated carbocycles. The Bertz CT molecular complexity index is 233. The molecule has 2 nitrogen and oxygen atoms in total. The second-order valence-corrected chi connectivity index (χ2v) is 5.70. The summed E-state index contributed by atoms with van der Waals surface area (Å²) >= 11 is 0. The maximum Gasteiger partial charge on any atom is 0.140 e. The van der Waals surface area contributed by atoms with Crippen LogP contribution in [0.2, 0.25) is 0 Å². The summed E-state index contributed by atoms with van der Waals surface area (Å²) in [5.74, 6) is 0.108. The van der Waals surface area contributed by atoms with Gasteiger partial charge in [-0.25, -0.2) is 0 Å². The van der Waals surface area contributed by atoms with E-state index in [0.29, 0.717) is 6.42 Å². The molecule has 2 heteroatoms. The Labute approximate surface area is 119 Å². The normalized spacial score (nSPS) is 10.6. The van der Waals surface area contributed by atoms with Gasteiger partial charge in [-0.1, -0.05) is 71.1 Å². The van der Waals surface area contributed by atoms with E-state index < -0.39 is 0 Å². The monoisotopic (exact) mass is 268 g/mol. The molecule has 0 radical (unpaired) electrons. The van der Waals surface area contributed by atoms with E-state index in [0.717, 1.165) is 12.8 Å². The smallest absolute Gasteiger partial charge is 0.140 e. The maximum absolute atomic E-state index is 11.3. The van der Waals surface area contributed by atoms with Crippen molar-refractivity contribution in [2.24, 2.45) is 0 Å². The fraction of sp³-hybridized carbons (Fsp3) is 0.882. The van der Waals surface area contributed by atoms with Crippen LogP contribution < -0.4 is 0 Å². The van der Waals surface area contributed by atoms with Gasteiger partial charge in [-0.3, -0.25) is 9.59 Å². The molecule has 0 bridgehead atoms. The van der Waals surface area contributed by atoms with Gasteiger partial charge in [0, 0.05) is 6.42 Å². The first-order valence-electron chi connectivity index (χ1n) is 8.18. The van der Waals surface area contributed by atoms with Crippen LogP contribution in [0, 0.1) is 0 Å².